The molecular formula is C16H23N3O3S. The van der Waals surface area contributed by atoms with Crippen LogP contribution in [0.2, 0.25) is 0 Å². The molecule has 1 saturated heterocycles. The number of benzene rings is 1. The van der Waals surface area contributed by atoms with E-state index in [0.717, 1.165) is 19.5 Å². The minimum absolute atomic E-state index is 0.178. The molecule has 23 heavy (non-hydrogen) atoms. The van der Waals surface area contributed by atoms with E-state index < -0.39 is 10.0 Å². The van der Waals surface area contributed by atoms with E-state index in [2.05, 4.69) is 23.5 Å². The van der Waals surface area contributed by atoms with Crippen LogP contribution >= 0.6 is 0 Å². The predicted molar refractivity (Wildman–Crippen MR) is 87.4 cm³/mol. The Morgan fingerprint density at radius 2 is 1.91 bits per heavy atom. The van der Waals surface area contributed by atoms with Crippen LogP contribution in [0.4, 0.5) is 0 Å². The van der Waals surface area contributed by atoms with Crippen molar-refractivity contribution in [1.29, 1.82) is 5.26 Å². The number of hydrogen-bond donors (Lipinski definition) is 1. The molecule has 1 atom stereocenters. The number of sulfonamides is 1. The second-order valence-electron chi connectivity index (χ2n) is 5.91. The minimum Gasteiger partial charge on any atom is -0.379 e. The highest BCUT2D eigenvalue weighted by atomic mass is 32.2. The van der Waals surface area contributed by atoms with Crippen molar-refractivity contribution in [1.82, 2.24) is 9.62 Å². The van der Waals surface area contributed by atoms with Gasteiger partial charge < -0.3 is 4.74 Å². The van der Waals surface area contributed by atoms with E-state index in [1.54, 1.807) is 0 Å². The molecule has 1 aromatic carbocycles. The predicted octanol–water partition coefficient (Wildman–Crippen LogP) is 1.34. The van der Waals surface area contributed by atoms with Crippen molar-refractivity contribution in [2.45, 2.75) is 30.7 Å². The first-order valence-electron chi connectivity index (χ1n) is 7.74. The van der Waals surface area contributed by atoms with E-state index >= 15 is 0 Å². The van der Waals surface area contributed by atoms with Crippen molar-refractivity contribution in [3.05, 3.63) is 29.8 Å². The summed E-state index contributed by atoms with van der Waals surface area (Å²) in [6.45, 7) is 7.44. The summed E-state index contributed by atoms with van der Waals surface area (Å²) in [6.07, 6.45) is 0.836. The van der Waals surface area contributed by atoms with E-state index in [0.29, 0.717) is 25.3 Å². The molecule has 0 bridgehead atoms. The van der Waals surface area contributed by atoms with Crippen molar-refractivity contribution >= 4 is 10.0 Å². The van der Waals surface area contributed by atoms with Crippen LogP contribution in [0, 0.1) is 11.3 Å². The molecule has 0 unspecified atom stereocenters. The van der Waals surface area contributed by atoms with E-state index in [-0.39, 0.29) is 10.4 Å². The van der Waals surface area contributed by atoms with Gasteiger partial charge in [0.15, 0.2) is 0 Å². The van der Waals surface area contributed by atoms with Crippen molar-refractivity contribution in [2.24, 2.45) is 0 Å². The van der Waals surface area contributed by atoms with Gasteiger partial charge in [0.05, 0.1) is 29.7 Å². The minimum atomic E-state index is -3.58. The number of hydrogen-bond acceptors (Lipinski definition) is 5. The molecule has 2 rings (SSSR count). The summed E-state index contributed by atoms with van der Waals surface area (Å²) in [5.74, 6) is 0. The second-order valence-corrected chi connectivity index (χ2v) is 7.68. The molecule has 0 aromatic heterocycles. The maximum Gasteiger partial charge on any atom is 0.240 e. The summed E-state index contributed by atoms with van der Waals surface area (Å²) in [5, 5.41) is 8.79. The lowest BCUT2D eigenvalue weighted by molar-refractivity contribution is -0.0157. The van der Waals surface area contributed by atoms with E-state index in [9.17, 15) is 8.42 Å². The molecule has 0 amide bonds. The SMILES string of the molecule is CC[C@@](C)(CNS(=O)(=O)c1ccc(C#N)cc1)N1CCOCC1. The zero-order chi connectivity index (χ0) is 16.9. The maximum atomic E-state index is 12.4. The fraction of sp³-hybridized carbons (Fsp3) is 0.562. The third-order valence-electron chi connectivity index (χ3n) is 4.47. The first-order chi connectivity index (χ1) is 10.9. The topological polar surface area (TPSA) is 82.4 Å². The average Bonchev–Trinajstić information content (AvgIpc) is 2.60. The van der Waals surface area contributed by atoms with E-state index in [4.69, 9.17) is 10.00 Å². The molecule has 0 radical (unpaired) electrons. The van der Waals surface area contributed by atoms with Gasteiger partial charge in [0, 0.05) is 25.2 Å². The molecule has 0 spiro atoms. The molecule has 1 aliphatic heterocycles. The molecule has 126 valence electrons. The lowest BCUT2D eigenvalue weighted by Gasteiger charge is -2.43. The molecule has 7 heteroatoms. The van der Waals surface area contributed by atoms with Crippen LogP contribution in [0.15, 0.2) is 29.2 Å². The molecule has 6 nitrogen and oxygen atoms in total. The number of rotatable bonds is 6. The lowest BCUT2D eigenvalue weighted by atomic mass is 9.96. The van der Waals surface area contributed by atoms with Crippen LogP contribution in [-0.2, 0) is 14.8 Å². The van der Waals surface area contributed by atoms with Gasteiger partial charge in [-0.3, -0.25) is 4.90 Å². The Hall–Kier alpha value is -1.46. The highest BCUT2D eigenvalue weighted by Crippen LogP contribution is 2.21. The van der Waals surface area contributed by atoms with Crippen molar-refractivity contribution in [2.75, 3.05) is 32.8 Å². The van der Waals surface area contributed by atoms with Crippen LogP contribution in [0.5, 0.6) is 0 Å². The lowest BCUT2D eigenvalue weighted by Crippen LogP contribution is -2.56. The van der Waals surface area contributed by atoms with Gasteiger partial charge >= 0.3 is 0 Å². The third-order valence-corrected chi connectivity index (χ3v) is 5.89. The van der Waals surface area contributed by atoms with Gasteiger partial charge in [-0.15, -0.1) is 0 Å². The number of ether oxygens (including phenoxy) is 1. The van der Waals surface area contributed by atoms with Gasteiger partial charge in [-0.05, 0) is 37.6 Å². The fourth-order valence-corrected chi connectivity index (χ4v) is 3.77. The highest BCUT2D eigenvalue weighted by molar-refractivity contribution is 7.89. The monoisotopic (exact) mass is 337 g/mol. The number of nitrogens with zero attached hydrogens (tertiary/aromatic N) is 2. The van der Waals surface area contributed by atoms with E-state index in [1.165, 1.54) is 24.3 Å². The third kappa shape index (κ3) is 4.30. The molecule has 1 heterocycles. The smallest absolute Gasteiger partial charge is 0.240 e. The Balaban J connectivity index is 2.08. The summed E-state index contributed by atoms with van der Waals surface area (Å²) < 4.78 is 33.0. The molecule has 1 N–H and O–H groups in total. The Labute approximate surface area is 138 Å². The van der Waals surface area contributed by atoms with Crippen molar-refractivity contribution < 1.29 is 13.2 Å². The van der Waals surface area contributed by atoms with Crippen LogP contribution in [0.3, 0.4) is 0 Å². The normalized spacial score (nSPS) is 19.0. The molecule has 0 saturated carbocycles. The zero-order valence-electron chi connectivity index (χ0n) is 13.6. The first kappa shape index (κ1) is 17.9. The largest absolute Gasteiger partial charge is 0.379 e. The summed E-state index contributed by atoms with van der Waals surface area (Å²) >= 11 is 0. The van der Waals surface area contributed by atoms with Gasteiger partial charge in [-0.25, -0.2) is 13.1 Å². The standard InChI is InChI=1S/C16H23N3O3S/c1-3-16(2,19-8-10-22-11-9-19)13-18-23(20,21)15-6-4-14(12-17)5-7-15/h4-7,18H,3,8-11,13H2,1-2H3/t16-/m0/s1. The summed E-state index contributed by atoms with van der Waals surface area (Å²) in [6, 6.07) is 7.91. The summed E-state index contributed by atoms with van der Waals surface area (Å²) in [5.41, 5.74) is 0.194. The van der Waals surface area contributed by atoms with Gasteiger partial charge in [0.25, 0.3) is 0 Å². The van der Waals surface area contributed by atoms with Gasteiger partial charge in [0.1, 0.15) is 0 Å². The number of nitriles is 1. The van der Waals surface area contributed by atoms with Crippen LogP contribution in [0.25, 0.3) is 0 Å². The van der Waals surface area contributed by atoms with Crippen LogP contribution in [0.1, 0.15) is 25.8 Å². The molecule has 1 aromatic rings. The van der Waals surface area contributed by atoms with Crippen LogP contribution in [-0.4, -0.2) is 51.7 Å². The van der Waals surface area contributed by atoms with E-state index in [1.807, 2.05) is 6.07 Å². The number of morpholine rings is 1. The van der Waals surface area contributed by atoms with Crippen molar-refractivity contribution in [3.63, 3.8) is 0 Å². The Kier molecular flexibility index (Phi) is 5.76. The first-order valence-corrected chi connectivity index (χ1v) is 9.22. The Morgan fingerprint density at radius 1 is 1.30 bits per heavy atom. The zero-order valence-corrected chi connectivity index (χ0v) is 14.4. The molecule has 1 aliphatic rings. The summed E-state index contributed by atoms with van der Waals surface area (Å²) in [7, 11) is -3.58. The average molecular weight is 337 g/mol. The quantitative estimate of drug-likeness (QED) is 0.847. The van der Waals surface area contributed by atoms with Crippen LogP contribution < -0.4 is 4.72 Å². The fourth-order valence-electron chi connectivity index (χ4n) is 2.61. The van der Waals surface area contributed by atoms with Crippen molar-refractivity contribution in [3.8, 4) is 6.07 Å². The van der Waals surface area contributed by atoms with Gasteiger partial charge in [-0.1, -0.05) is 6.92 Å². The Bertz CT molecular complexity index is 661. The second kappa shape index (κ2) is 7.41. The molecule has 1 fully saturated rings. The highest BCUT2D eigenvalue weighted by Gasteiger charge is 2.32. The van der Waals surface area contributed by atoms with Gasteiger partial charge in [0.2, 0.25) is 10.0 Å². The maximum absolute atomic E-state index is 12.4. The number of nitrogens with one attached hydrogen (secondary N) is 1. The summed E-state index contributed by atoms with van der Waals surface area (Å²) in [4.78, 5) is 2.45. The molecule has 0 aliphatic carbocycles. The molecular weight excluding hydrogens is 314 g/mol. The van der Waals surface area contributed by atoms with Gasteiger partial charge in [-0.2, -0.15) is 5.26 Å². The Morgan fingerprint density at radius 3 is 2.43 bits per heavy atom.